The van der Waals surface area contributed by atoms with E-state index in [2.05, 4.69) is 34.1 Å². The molecule has 4 rings (SSSR count). The Hall–Kier alpha value is -1.51. The molecule has 1 N–H and O–H groups in total. The molecule has 1 saturated carbocycles. The van der Waals surface area contributed by atoms with E-state index in [1.54, 1.807) is 0 Å². The van der Waals surface area contributed by atoms with Gasteiger partial charge in [0.05, 0.1) is 11.0 Å². The standard InChI is InChI=1S/C16H21N3/c1-4-8-16(9-5-1)10-11-19(12-16)15-17-13-6-2-3-7-14(13)18-15/h2-3,6-7H,1,4-5,8-12H2,(H,17,18). The lowest BCUT2D eigenvalue weighted by atomic mass is 9.73. The molecule has 0 atom stereocenters. The third-order valence-corrected chi connectivity index (χ3v) is 5.03. The van der Waals surface area contributed by atoms with Crippen LogP contribution in [0.3, 0.4) is 0 Å². The molecule has 1 aromatic heterocycles. The quantitative estimate of drug-likeness (QED) is 0.842. The van der Waals surface area contributed by atoms with Crippen LogP contribution in [0.5, 0.6) is 0 Å². The summed E-state index contributed by atoms with van der Waals surface area (Å²) in [6, 6.07) is 8.32. The molecule has 2 aliphatic rings. The van der Waals surface area contributed by atoms with Gasteiger partial charge in [-0.1, -0.05) is 31.4 Å². The van der Waals surface area contributed by atoms with Gasteiger partial charge in [0.25, 0.3) is 0 Å². The molecule has 0 amide bonds. The number of para-hydroxylation sites is 2. The van der Waals surface area contributed by atoms with Crippen LogP contribution in [0.1, 0.15) is 38.5 Å². The van der Waals surface area contributed by atoms with Gasteiger partial charge in [-0.3, -0.25) is 0 Å². The van der Waals surface area contributed by atoms with Crippen LogP contribution < -0.4 is 4.90 Å². The van der Waals surface area contributed by atoms with Crippen LogP contribution in [-0.2, 0) is 0 Å². The van der Waals surface area contributed by atoms with Gasteiger partial charge >= 0.3 is 0 Å². The lowest BCUT2D eigenvalue weighted by Crippen LogP contribution is -2.29. The van der Waals surface area contributed by atoms with Crippen molar-refractivity contribution in [1.29, 1.82) is 0 Å². The topological polar surface area (TPSA) is 31.9 Å². The van der Waals surface area contributed by atoms with Crippen LogP contribution in [0.2, 0.25) is 0 Å². The fourth-order valence-electron chi connectivity index (χ4n) is 3.91. The Morgan fingerprint density at radius 1 is 1.05 bits per heavy atom. The minimum absolute atomic E-state index is 0.594. The summed E-state index contributed by atoms with van der Waals surface area (Å²) in [5.41, 5.74) is 2.83. The second-order valence-electron chi connectivity index (χ2n) is 6.31. The zero-order valence-corrected chi connectivity index (χ0v) is 11.4. The molecule has 1 aromatic carbocycles. The molecule has 1 aliphatic carbocycles. The number of hydrogen-bond donors (Lipinski definition) is 1. The van der Waals surface area contributed by atoms with E-state index < -0.39 is 0 Å². The zero-order valence-electron chi connectivity index (χ0n) is 11.4. The molecule has 2 fully saturated rings. The monoisotopic (exact) mass is 255 g/mol. The maximum absolute atomic E-state index is 4.74. The predicted molar refractivity (Wildman–Crippen MR) is 78.4 cm³/mol. The average molecular weight is 255 g/mol. The van der Waals surface area contributed by atoms with E-state index in [9.17, 15) is 0 Å². The maximum Gasteiger partial charge on any atom is 0.203 e. The number of fused-ring (bicyclic) bond motifs is 1. The van der Waals surface area contributed by atoms with Gasteiger partial charge < -0.3 is 9.88 Å². The van der Waals surface area contributed by atoms with Crippen molar-refractivity contribution < 1.29 is 0 Å². The lowest BCUT2D eigenvalue weighted by Gasteiger charge is -2.33. The number of nitrogens with one attached hydrogen (secondary N) is 1. The van der Waals surface area contributed by atoms with Gasteiger partial charge in [0.15, 0.2) is 0 Å². The fourth-order valence-corrected chi connectivity index (χ4v) is 3.91. The minimum atomic E-state index is 0.594. The molecular formula is C16H21N3. The van der Waals surface area contributed by atoms with Crippen molar-refractivity contribution in [2.75, 3.05) is 18.0 Å². The summed E-state index contributed by atoms with van der Waals surface area (Å²) in [6.45, 7) is 2.37. The first kappa shape index (κ1) is 11.3. The van der Waals surface area contributed by atoms with Gasteiger partial charge in [-0.15, -0.1) is 0 Å². The largest absolute Gasteiger partial charge is 0.342 e. The highest BCUT2D eigenvalue weighted by Gasteiger charge is 2.39. The van der Waals surface area contributed by atoms with E-state index in [0.717, 1.165) is 17.0 Å². The third kappa shape index (κ3) is 1.92. The molecule has 1 aliphatic heterocycles. The molecule has 100 valence electrons. The molecule has 0 radical (unpaired) electrons. The summed E-state index contributed by atoms with van der Waals surface area (Å²) < 4.78 is 0. The van der Waals surface area contributed by atoms with Gasteiger partial charge in [-0.2, -0.15) is 0 Å². The first-order chi connectivity index (χ1) is 9.35. The first-order valence-corrected chi connectivity index (χ1v) is 7.54. The molecule has 2 aromatic rings. The van der Waals surface area contributed by atoms with E-state index in [1.807, 2.05) is 0 Å². The van der Waals surface area contributed by atoms with Crippen LogP contribution in [0.15, 0.2) is 24.3 Å². The van der Waals surface area contributed by atoms with E-state index in [0.29, 0.717) is 5.41 Å². The average Bonchev–Trinajstić information content (AvgIpc) is 3.04. The number of nitrogens with zero attached hydrogens (tertiary/aromatic N) is 2. The number of aromatic nitrogens is 2. The van der Waals surface area contributed by atoms with Crippen molar-refractivity contribution in [2.45, 2.75) is 38.5 Å². The first-order valence-electron chi connectivity index (χ1n) is 7.54. The van der Waals surface area contributed by atoms with Gasteiger partial charge in [-0.25, -0.2) is 4.98 Å². The number of aromatic amines is 1. The number of H-pyrrole nitrogens is 1. The minimum Gasteiger partial charge on any atom is -0.342 e. The normalized spacial score (nSPS) is 22.4. The van der Waals surface area contributed by atoms with E-state index in [1.165, 1.54) is 51.6 Å². The maximum atomic E-state index is 4.74. The number of hydrogen-bond acceptors (Lipinski definition) is 2. The summed E-state index contributed by atoms with van der Waals surface area (Å²) >= 11 is 0. The van der Waals surface area contributed by atoms with Crippen LogP contribution >= 0.6 is 0 Å². The number of rotatable bonds is 1. The molecule has 1 spiro atoms. The summed E-state index contributed by atoms with van der Waals surface area (Å²) in [5, 5.41) is 0. The number of benzene rings is 1. The molecular weight excluding hydrogens is 234 g/mol. The molecule has 19 heavy (non-hydrogen) atoms. The molecule has 0 bridgehead atoms. The van der Waals surface area contributed by atoms with Gasteiger partial charge in [0.2, 0.25) is 5.95 Å². The highest BCUT2D eigenvalue weighted by atomic mass is 15.3. The van der Waals surface area contributed by atoms with E-state index in [4.69, 9.17) is 4.98 Å². The van der Waals surface area contributed by atoms with Crippen molar-refractivity contribution in [1.82, 2.24) is 9.97 Å². The number of anilines is 1. The van der Waals surface area contributed by atoms with Crippen LogP contribution in [-0.4, -0.2) is 23.1 Å². The van der Waals surface area contributed by atoms with Gasteiger partial charge in [-0.05, 0) is 36.8 Å². The molecule has 2 heterocycles. The Bertz CT molecular complexity index is 547. The summed E-state index contributed by atoms with van der Waals surface area (Å²) in [5.74, 6) is 1.07. The smallest absolute Gasteiger partial charge is 0.203 e. The Kier molecular flexibility index (Phi) is 2.54. The Labute approximate surface area is 114 Å². The summed E-state index contributed by atoms with van der Waals surface area (Å²) in [7, 11) is 0. The highest BCUT2D eigenvalue weighted by molar-refractivity contribution is 5.77. The Morgan fingerprint density at radius 2 is 1.89 bits per heavy atom. The van der Waals surface area contributed by atoms with Gasteiger partial charge in [0.1, 0.15) is 0 Å². The van der Waals surface area contributed by atoms with Crippen LogP contribution in [0.25, 0.3) is 11.0 Å². The second kappa shape index (κ2) is 4.26. The second-order valence-corrected chi connectivity index (χ2v) is 6.31. The molecule has 3 heteroatoms. The highest BCUT2D eigenvalue weighted by Crippen LogP contribution is 2.44. The van der Waals surface area contributed by atoms with E-state index >= 15 is 0 Å². The van der Waals surface area contributed by atoms with Crippen LogP contribution in [0.4, 0.5) is 5.95 Å². The van der Waals surface area contributed by atoms with Gasteiger partial charge in [0, 0.05) is 13.1 Å². The van der Waals surface area contributed by atoms with Crippen molar-refractivity contribution >= 4 is 17.0 Å². The SMILES string of the molecule is c1ccc2[nH]c(N3CCC4(CCCCC4)C3)nc2c1. The zero-order chi connectivity index (χ0) is 12.7. The van der Waals surface area contributed by atoms with Crippen molar-refractivity contribution in [3.63, 3.8) is 0 Å². The van der Waals surface area contributed by atoms with Crippen molar-refractivity contribution in [3.8, 4) is 0 Å². The Morgan fingerprint density at radius 3 is 2.74 bits per heavy atom. The fraction of sp³-hybridized carbons (Fsp3) is 0.562. The summed E-state index contributed by atoms with van der Waals surface area (Å²) in [6.07, 6.45) is 8.48. The molecule has 0 unspecified atom stereocenters. The molecule has 1 saturated heterocycles. The Balaban J connectivity index is 1.60. The summed E-state index contributed by atoms with van der Waals surface area (Å²) in [4.78, 5) is 10.7. The third-order valence-electron chi connectivity index (χ3n) is 5.03. The van der Waals surface area contributed by atoms with Crippen molar-refractivity contribution in [3.05, 3.63) is 24.3 Å². The van der Waals surface area contributed by atoms with Crippen LogP contribution in [0, 0.1) is 5.41 Å². The molecule has 3 nitrogen and oxygen atoms in total. The van der Waals surface area contributed by atoms with E-state index in [-0.39, 0.29) is 0 Å². The number of imidazole rings is 1. The lowest BCUT2D eigenvalue weighted by molar-refractivity contribution is 0.219. The van der Waals surface area contributed by atoms with Crippen molar-refractivity contribution in [2.24, 2.45) is 5.41 Å². The predicted octanol–water partition coefficient (Wildman–Crippen LogP) is 3.72.